The second kappa shape index (κ2) is 8.48. The summed E-state index contributed by atoms with van der Waals surface area (Å²) in [6.07, 6.45) is 1.62. The number of carbonyl (C=O) groups is 1. The molecule has 1 saturated heterocycles. The molecule has 1 amide bonds. The molecule has 0 aliphatic carbocycles. The largest absolute Gasteiger partial charge is 0.367 e. The van der Waals surface area contributed by atoms with E-state index in [9.17, 15) is 10.1 Å². The van der Waals surface area contributed by atoms with Crippen molar-refractivity contribution in [2.45, 2.75) is 0 Å². The number of pyridine rings is 1. The summed E-state index contributed by atoms with van der Waals surface area (Å²) >= 11 is 6.19. The van der Waals surface area contributed by atoms with E-state index in [1.165, 1.54) is 0 Å². The maximum absolute atomic E-state index is 12.3. The lowest BCUT2D eigenvalue weighted by Crippen LogP contribution is -2.49. The van der Waals surface area contributed by atoms with Gasteiger partial charge in [0.05, 0.1) is 23.3 Å². The average molecular weight is 406 g/mol. The molecule has 0 radical (unpaired) electrons. The zero-order valence-electron chi connectivity index (χ0n) is 15.8. The maximum atomic E-state index is 12.3. The van der Waals surface area contributed by atoms with Crippen LogP contribution in [0.3, 0.4) is 0 Å². The third kappa shape index (κ3) is 4.32. The zero-order chi connectivity index (χ0) is 20.2. The number of para-hydroxylation sites is 1. The number of piperazine rings is 1. The van der Waals surface area contributed by atoms with Crippen LogP contribution >= 0.6 is 11.6 Å². The number of rotatable bonds is 4. The number of nitrogens with one attached hydrogen (secondary N) is 1. The van der Waals surface area contributed by atoms with Crippen molar-refractivity contribution in [3.05, 3.63) is 65.3 Å². The van der Waals surface area contributed by atoms with E-state index in [1.807, 2.05) is 42.5 Å². The first-order valence-electron chi connectivity index (χ1n) is 9.44. The van der Waals surface area contributed by atoms with Crippen LogP contribution in [0, 0.1) is 11.3 Å². The van der Waals surface area contributed by atoms with Gasteiger partial charge in [0.25, 0.3) is 0 Å². The molecular formula is C22H20ClN5O. The van der Waals surface area contributed by atoms with E-state index in [1.54, 1.807) is 12.3 Å². The number of anilines is 2. The third-order valence-corrected chi connectivity index (χ3v) is 5.27. The Morgan fingerprint density at radius 3 is 2.62 bits per heavy atom. The minimum atomic E-state index is -0.0245. The third-order valence-electron chi connectivity index (χ3n) is 5.04. The molecule has 4 rings (SSSR count). The van der Waals surface area contributed by atoms with Crippen molar-refractivity contribution in [1.29, 1.82) is 5.26 Å². The van der Waals surface area contributed by atoms with Gasteiger partial charge in [-0.1, -0.05) is 29.8 Å². The number of carbonyl (C=O) groups excluding carboxylic acids is 1. The van der Waals surface area contributed by atoms with Gasteiger partial charge in [0.2, 0.25) is 5.91 Å². The highest BCUT2D eigenvalue weighted by molar-refractivity contribution is 6.31. The monoisotopic (exact) mass is 405 g/mol. The van der Waals surface area contributed by atoms with Crippen molar-refractivity contribution in [1.82, 2.24) is 9.88 Å². The lowest BCUT2D eigenvalue weighted by atomic mass is 10.1. The molecule has 29 heavy (non-hydrogen) atoms. The predicted molar refractivity (Wildman–Crippen MR) is 115 cm³/mol. The summed E-state index contributed by atoms with van der Waals surface area (Å²) < 4.78 is 0. The highest BCUT2D eigenvalue weighted by atomic mass is 35.5. The SMILES string of the molecule is N#Cc1cnc2ccc(Cl)cc2c1N1CCN(CC(=O)Nc2ccccc2)CC1. The van der Waals surface area contributed by atoms with Crippen LogP contribution < -0.4 is 10.2 Å². The summed E-state index contributed by atoms with van der Waals surface area (Å²) in [5.74, 6) is -0.0245. The number of nitrogens with zero attached hydrogens (tertiary/aromatic N) is 4. The van der Waals surface area contributed by atoms with Crippen LogP contribution in [-0.4, -0.2) is 48.5 Å². The summed E-state index contributed by atoms with van der Waals surface area (Å²) in [4.78, 5) is 21.0. The van der Waals surface area contributed by atoms with Gasteiger partial charge in [-0.2, -0.15) is 5.26 Å². The van der Waals surface area contributed by atoms with Crippen LogP contribution in [0.25, 0.3) is 10.9 Å². The van der Waals surface area contributed by atoms with Crippen molar-refractivity contribution >= 4 is 39.8 Å². The minimum absolute atomic E-state index is 0.0245. The Balaban J connectivity index is 1.45. The molecule has 146 valence electrons. The fourth-order valence-electron chi connectivity index (χ4n) is 3.63. The predicted octanol–water partition coefficient (Wildman–Crippen LogP) is 3.52. The van der Waals surface area contributed by atoms with Gasteiger partial charge < -0.3 is 10.2 Å². The second-order valence-electron chi connectivity index (χ2n) is 6.97. The molecule has 0 saturated carbocycles. The molecule has 1 fully saturated rings. The van der Waals surface area contributed by atoms with Crippen molar-refractivity contribution in [2.75, 3.05) is 42.9 Å². The molecule has 6 nitrogen and oxygen atoms in total. The van der Waals surface area contributed by atoms with Gasteiger partial charge in [-0.25, -0.2) is 0 Å². The van der Waals surface area contributed by atoms with Gasteiger partial charge in [-0.05, 0) is 30.3 Å². The van der Waals surface area contributed by atoms with Gasteiger partial charge >= 0.3 is 0 Å². The van der Waals surface area contributed by atoms with Gasteiger partial charge in [0.1, 0.15) is 6.07 Å². The standard InChI is InChI=1S/C22H20ClN5O/c23-17-6-7-20-19(12-17)22(16(13-24)14-25-20)28-10-8-27(9-11-28)15-21(29)26-18-4-2-1-3-5-18/h1-7,12,14H,8-11,15H2,(H,26,29). The Kier molecular flexibility index (Phi) is 5.61. The molecule has 0 spiro atoms. The topological polar surface area (TPSA) is 72.3 Å². The molecule has 1 aromatic heterocycles. The van der Waals surface area contributed by atoms with E-state index in [4.69, 9.17) is 11.6 Å². The van der Waals surface area contributed by atoms with E-state index < -0.39 is 0 Å². The van der Waals surface area contributed by atoms with E-state index in [0.717, 1.165) is 48.5 Å². The smallest absolute Gasteiger partial charge is 0.238 e. The van der Waals surface area contributed by atoms with Gasteiger partial charge in [-0.3, -0.25) is 14.7 Å². The lowest BCUT2D eigenvalue weighted by Gasteiger charge is -2.36. The van der Waals surface area contributed by atoms with Crippen LogP contribution in [0.5, 0.6) is 0 Å². The number of fused-ring (bicyclic) bond motifs is 1. The minimum Gasteiger partial charge on any atom is -0.367 e. The first-order valence-corrected chi connectivity index (χ1v) is 9.82. The Bertz CT molecular complexity index is 1070. The van der Waals surface area contributed by atoms with Crippen LogP contribution in [0.2, 0.25) is 5.02 Å². The summed E-state index contributed by atoms with van der Waals surface area (Å²) in [5, 5.41) is 14.0. The summed E-state index contributed by atoms with van der Waals surface area (Å²) in [6, 6.07) is 17.2. The molecule has 1 N–H and O–H groups in total. The zero-order valence-corrected chi connectivity index (χ0v) is 16.6. The normalized spacial score (nSPS) is 14.6. The van der Waals surface area contributed by atoms with Crippen molar-refractivity contribution in [3.63, 3.8) is 0 Å². The fraction of sp³-hybridized carbons (Fsp3) is 0.227. The highest BCUT2D eigenvalue weighted by Gasteiger charge is 2.23. The van der Waals surface area contributed by atoms with Crippen LogP contribution in [-0.2, 0) is 4.79 Å². The quantitative estimate of drug-likeness (QED) is 0.719. The molecule has 3 aromatic rings. The van der Waals surface area contributed by atoms with Crippen molar-refractivity contribution in [3.8, 4) is 6.07 Å². The van der Waals surface area contributed by atoms with E-state index >= 15 is 0 Å². The van der Waals surface area contributed by atoms with Gasteiger partial charge in [0.15, 0.2) is 0 Å². The molecule has 0 atom stereocenters. The molecule has 0 unspecified atom stereocenters. The average Bonchev–Trinajstić information content (AvgIpc) is 2.74. The molecule has 0 bridgehead atoms. The molecule has 7 heteroatoms. The van der Waals surface area contributed by atoms with E-state index in [0.29, 0.717) is 17.1 Å². The highest BCUT2D eigenvalue weighted by Crippen LogP contribution is 2.31. The number of hydrogen-bond donors (Lipinski definition) is 1. The molecular weight excluding hydrogens is 386 g/mol. The molecule has 1 aliphatic heterocycles. The summed E-state index contributed by atoms with van der Waals surface area (Å²) in [6.45, 7) is 3.25. The van der Waals surface area contributed by atoms with Crippen LogP contribution in [0.15, 0.2) is 54.7 Å². The number of halogens is 1. The molecule has 2 aromatic carbocycles. The van der Waals surface area contributed by atoms with Crippen molar-refractivity contribution in [2.24, 2.45) is 0 Å². The number of benzene rings is 2. The van der Waals surface area contributed by atoms with Crippen LogP contribution in [0.4, 0.5) is 11.4 Å². The Morgan fingerprint density at radius 1 is 1.14 bits per heavy atom. The summed E-state index contributed by atoms with van der Waals surface area (Å²) in [5.41, 5.74) is 3.02. The Morgan fingerprint density at radius 2 is 1.90 bits per heavy atom. The van der Waals surface area contributed by atoms with Crippen molar-refractivity contribution < 1.29 is 4.79 Å². The first-order chi connectivity index (χ1) is 14.1. The van der Waals surface area contributed by atoms with Gasteiger partial charge in [0, 0.05) is 48.5 Å². The first kappa shape index (κ1) is 19.2. The second-order valence-corrected chi connectivity index (χ2v) is 7.41. The Hall–Kier alpha value is -3.14. The lowest BCUT2D eigenvalue weighted by molar-refractivity contribution is -0.117. The van der Waals surface area contributed by atoms with Crippen LogP contribution in [0.1, 0.15) is 5.56 Å². The van der Waals surface area contributed by atoms with E-state index in [2.05, 4.69) is 26.2 Å². The number of amides is 1. The molecule has 1 aliphatic rings. The fourth-order valence-corrected chi connectivity index (χ4v) is 3.80. The van der Waals surface area contributed by atoms with Gasteiger partial charge in [-0.15, -0.1) is 0 Å². The molecule has 2 heterocycles. The number of aromatic nitrogens is 1. The summed E-state index contributed by atoms with van der Waals surface area (Å²) in [7, 11) is 0. The maximum Gasteiger partial charge on any atom is 0.238 e. The number of nitriles is 1. The Labute approximate surface area is 174 Å². The van der Waals surface area contributed by atoms with E-state index in [-0.39, 0.29) is 5.91 Å². The number of hydrogen-bond acceptors (Lipinski definition) is 5.